The van der Waals surface area contributed by atoms with Crippen molar-refractivity contribution in [3.63, 3.8) is 0 Å². The fourth-order valence-electron chi connectivity index (χ4n) is 2.59. The van der Waals surface area contributed by atoms with Crippen molar-refractivity contribution >= 4 is 21.6 Å². The standard InChI is InChI=1S/C14H18BrN3/c1-9(2)17-5-4-12-13(8-17)18-7-11(15)10(3)6-14(18)16-12/h6-7,9H,4-5,8H2,1-3H3. The summed E-state index contributed by atoms with van der Waals surface area (Å²) in [6.07, 6.45) is 3.21. The van der Waals surface area contributed by atoms with Crippen LogP contribution in [0.3, 0.4) is 0 Å². The van der Waals surface area contributed by atoms with Gasteiger partial charge < -0.3 is 4.40 Å². The van der Waals surface area contributed by atoms with Crippen LogP contribution in [0.1, 0.15) is 30.8 Å². The summed E-state index contributed by atoms with van der Waals surface area (Å²) >= 11 is 3.61. The van der Waals surface area contributed by atoms with Crippen molar-refractivity contribution in [2.24, 2.45) is 0 Å². The number of fused-ring (bicyclic) bond motifs is 3. The van der Waals surface area contributed by atoms with Crippen molar-refractivity contribution in [2.75, 3.05) is 6.54 Å². The van der Waals surface area contributed by atoms with Gasteiger partial charge >= 0.3 is 0 Å². The summed E-state index contributed by atoms with van der Waals surface area (Å²) in [7, 11) is 0. The van der Waals surface area contributed by atoms with Crippen LogP contribution in [0.5, 0.6) is 0 Å². The Morgan fingerprint density at radius 2 is 2.17 bits per heavy atom. The fourth-order valence-corrected chi connectivity index (χ4v) is 2.91. The summed E-state index contributed by atoms with van der Waals surface area (Å²) in [5.74, 6) is 0. The summed E-state index contributed by atoms with van der Waals surface area (Å²) in [5, 5.41) is 0. The smallest absolute Gasteiger partial charge is 0.137 e. The van der Waals surface area contributed by atoms with E-state index in [9.17, 15) is 0 Å². The van der Waals surface area contributed by atoms with E-state index >= 15 is 0 Å². The van der Waals surface area contributed by atoms with E-state index in [1.807, 2.05) is 0 Å². The Bertz CT molecular complexity index is 601. The normalized spacial score (nSPS) is 16.5. The van der Waals surface area contributed by atoms with Gasteiger partial charge in [-0.25, -0.2) is 4.98 Å². The number of rotatable bonds is 1. The van der Waals surface area contributed by atoms with Gasteiger partial charge in [-0.3, -0.25) is 4.90 Å². The molecule has 0 saturated carbocycles. The third-order valence-electron chi connectivity index (χ3n) is 3.80. The quantitative estimate of drug-likeness (QED) is 0.806. The maximum absolute atomic E-state index is 4.76. The van der Waals surface area contributed by atoms with Crippen LogP contribution in [0.2, 0.25) is 0 Å². The van der Waals surface area contributed by atoms with Gasteiger partial charge in [0.1, 0.15) is 5.65 Å². The molecule has 0 N–H and O–H groups in total. The number of pyridine rings is 1. The van der Waals surface area contributed by atoms with E-state index in [0.717, 1.165) is 29.6 Å². The molecule has 0 saturated heterocycles. The van der Waals surface area contributed by atoms with E-state index in [1.165, 1.54) is 17.0 Å². The maximum atomic E-state index is 4.76. The lowest BCUT2D eigenvalue weighted by Crippen LogP contribution is -2.36. The van der Waals surface area contributed by atoms with E-state index in [-0.39, 0.29) is 0 Å². The molecule has 18 heavy (non-hydrogen) atoms. The first kappa shape index (κ1) is 12.2. The largest absolute Gasteiger partial charge is 0.301 e. The first-order valence-corrected chi connectivity index (χ1v) is 7.25. The van der Waals surface area contributed by atoms with Crippen molar-refractivity contribution in [2.45, 2.75) is 39.8 Å². The first-order chi connectivity index (χ1) is 8.56. The number of aryl methyl sites for hydroxylation is 1. The highest BCUT2D eigenvalue weighted by atomic mass is 79.9. The third kappa shape index (κ3) is 1.88. The molecule has 0 atom stereocenters. The van der Waals surface area contributed by atoms with E-state index in [4.69, 9.17) is 4.98 Å². The number of halogens is 1. The highest BCUT2D eigenvalue weighted by Crippen LogP contribution is 2.25. The van der Waals surface area contributed by atoms with Gasteiger partial charge in [0.15, 0.2) is 0 Å². The highest BCUT2D eigenvalue weighted by molar-refractivity contribution is 9.10. The van der Waals surface area contributed by atoms with Crippen LogP contribution in [0, 0.1) is 6.92 Å². The molecule has 0 amide bonds. The molecule has 0 bridgehead atoms. The average Bonchev–Trinajstić information content (AvgIpc) is 2.66. The van der Waals surface area contributed by atoms with Crippen molar-refractivity contribution in [1.82, 2.24) is 14.3 Å². The molecule has 1 aliphatic rings. The number of aromatic nitrogens is 2. The van der Waals surface area contributed by atoms with Gasteiger partial charge in [-0.2, -0.15) is 0 Å². The molecular formula is C14H18BrN3. The molecule has 0 unspecified atom stereocenters. The zero-order valence-corrected chi connectivity index (χ0v) is 12.7. The molecule has 4 heteroatoms. The van der Waals surface area contributed by atoms with Crippen molar-refractivity contribution in [3.8, 4) is 0 Å². The minimum atomic E-state index is 0.595. The molecule has 0 spiro atoms. The molecule has 0 aromatic carbocycles. The molecule has 2 aromatic rings. The van der Waals surface area contributed by atoms with Crippen LogP contribution in [0.25, 0.3) is 5.65 Å². The van der Waals surface area contributed by atoms with Crippen LogP contribution in [-0.2, 0) is 13.0 Å². The zero-order valence-electron chi connectivity index (χ0n) is 11.1. The Morgan fingerprint density at radius 3 is 2.89 bits per heavy atom. The number of hydrogen-bond acceptors (Lipinski definition) is 2. The Balaban J connectivity index is 2.12. The molecular weight excluding hydrogens is 290 g/mol. The van der Waals surface area contributed by atoms with Gasteiger partial charge in [-0.1, -0.05) is 0 Å². The van der Waals surface area contributed by atoms with Crippen molar-refractivity contribution in [1.29, 1.82) is 0 Å². The summed E-state index contributed by atoms with van der Waals surface area (Å²) in [4.78, 5) is 7.27. The van der Waals surface area contributed by atoms with Crippen LogP contribution >= 0.6 is 15.9 Å². The molecule has 3 rings (SSSR count). The fraction of sp³-hybridized carbons (Fsp3) is 0.500. The average molecular weight is 308 g/mol. The van der Waals surface area contributed by atoms with Gasteiger partial charge in [0, 0.05) is 36.2 Å². The predicted octanol–water partition coefficient (Wildman–Crippen LogP) is 3.17. The number of nitrogens with zero attached hydrogens (tertiary/aromatic N) is 3. The van der Waals surface area contributed by atoms with Gasteiger partial charge in [-0.05, 0) is 48.3 Å². The maximum Gasteiger partial charge on any atom is 0.137 e. The summed E-state index contributed by atoms with van der Waals surface area (Å²) in [6.45, 7) is 8.75. The predicted molar refractivity (Wildman–Crippen MR) is 76.9 cm³/mol. The minimum absolute atomic E-state index is 0.595. The number of imidazole rings is 1. The van der Waals surface area contributed by atoms with Crippen molar-refractivity contribution in [3.05, 3.63) is 33.7 Å². The Morgan fingerprint density at radius 1 is 1.39 bits per heavy atom. The van der Waals surface area contributed by atoms with Crippen LogP contribution in [-0.4, -0.2) is 26.9 Å². The lowest BCUT2D eigenvalue weighted by atomic mass is 10.1. The van der Waals surface area contributed by atoms with E-state index in [2.05, 4.69) is 58.3 Å². The lowest BCUT2D eigenvalue weighted by Gasteiger charge is -2.29. The third-order valence-corrected chi connectivity index (χ3v) is 4.63. The second kappa shape index (κ2) is 4.35. The first-order valence-electron chi connectivity index (χ1n) is 6.46. The monoisotopic (exact) mass is 307 g/mol. The van der Waals surface area contributed by atoms with E-state index in [0.29, 0.717) is 6.04 Å². The summed E-state index contributed by atoms with van der Waals surface area (Å²) in [6, 6.07) is 2.75. The summed E-state index contributed by atoms with van der Waals surface area (Å²) in [5.41, 5.74) is 4.94. The molecule has 3 heterocycles. The highest BCUT2D eigenvalue weighted by Gasteiger charge is 2.23. The molecule has 3 nitrogen and oxygen atoms in total. The second-order valence-corrected chi connectivity index (χ2v) is 6.21. The molecule has 96 valence electrons. The second-order valence-electron chi connectivity index (χ2n) is 5.35. The van der Waals surface area contributed by atoms with Gasteiger partial charge in [-0.15, -0.1) is 0 Å². The molecule has 2 aromatic heterocycles. The van der Waals surface area contributed by atoms with E-state index in [1.54, 1.807) is 0 Å². The van der Waals surface area contributed by atoms with Crippen molar-refractivity contribution < 1.29 is 0 Å². The van der Waals surface area contributed by atoms with Gasteiger partial charge in [0.25, 0.3) is 0 Å². The molecule has 0 radical (unpaired) electrons. The number of hydrogen-bond donors (Lipinski definition) is 0. The van der Waals surface area contributed by atoms with Gasteiger partial charge in [0.2, 0.25) is 0 Å². The van der Waals surface area contributed by atoms with Crippen LogP contribution in [0.15, 0.2) is 16.7 Å². The van der Waals surface area contributed by atoms with Gasteiger partial charge in [0.05, 0.1) is 11.4 Å². The SMILES string of the molecule is Cc1cc2nc3c(n2cc1Br)CN(C(C)C)CC3. The van der Waals surface area contributed by atoms with Crippen LogP contribution < -0.4 is 0 Å². The topological polar surface area (TPSA) is 20.5 Å². The Kier molecular flexibility index (Phi) is 2.94. The van der Waals surface area contributed by atoms with E-state index < -0.39 is 0 Å². The summed E-state index contributed by atoms with van der Waals surface area (Å²) < 4.78 is 3.39. The minimum Gasteiger partial charge on any atom is -0.301 e. The lowest BCUT2D eigenvalue weighted by molar-refractivity contribution is 0.199. The Hall–Kier alpha value is -0.870. The molecule has 0 aliphatic carbocycles. The Labute approximate surface area is 116 Å². The molecule has 1 aliphatic heterocycles. The molecule has 0 fully saturated rings. The van der Waals surface area contributed by atoms with Crippen LogP contribution in [0.4, 0.5) is 0 Å². The zero-order chi connectivity index (χ0) is 12.9.